The number of hydrogen-bond acceptors (Lipinski definition) is 6. The van der Waals surface area contributed by atoms with Gasteiger partial charge in [0.1, 0.15) is 11.9 Å². The highest BCUT2D eigenvalue weighted by atomic mass is 19.4. The topological polar surface area (TPSA) is 78.0 Å². The second kappa shape index (κ2) is 9.51. The van der Waals surface area contributed by atoms with Crippen molar-refractivity contribution in [3.63, 3.8) is 0 Å². The number of piperidine rings is 1. The number of ether oxygens (including phenoxy) is 1. The fraction of sp³-hybridized carbons (Fsp3) is 0.667. The molecule has 1 aromatic rings. The van der Waals surface area contributed by atoms with Crippen LogP contribution in [0.3, 0.4) is 0 Å². The van der Waals surface area contributed by atoms with Gasteiger partial charge >= 0.3 is 6.18 Å². The van der Waals surface area contributed by atoms with Crippen molar-refractivity contribution in [3.8, 4) is 0 Å². The Morgan fingerprint density at radius 1 is 1.21 bits per heavy atom. The van der Waals surface area contributed by atoms with Crippen LogP contribution in [0.25, 0.3) is 0 Å². The van der Waals surface area contributed by atoms with E-state index in [1.165, 1.54) is 4.90 Å². The predicted molar refractivity (Wildman–Crippen MR) is 109 cm³/mol. The van der Waals surface area contributed by atoms with Crippen LogP contribution in [-0.4, -0.2) is 101 Å². The van der Waals surface area contributed by atoms with E-state index in [1.807, 2.05) is 6.92 Å². The number of hydrogen-bond donors (Lipinski definition) is 1. The molecule has 0 bridgehead atoms. The third-order valence-electron chi connectivity index (χ3n) is 6.57. The molecule has 3 unspecified atom stereocenters. The Labute approximate surface area is 188 Å². The zero-order chi connectivity index (χ0) is 23.8. The summed E-state index contributed by atoms with van der Waals surface area (Å²) in [6.07, 6.45) is -2.79. The number of carbonyl (C=O) groups excluding carboxylic acids is 2. The summed E-state index contributed by atoms with van der Waals surface area (Å²) in [7, 11) is 0. The zero-order valence-corrected chi connectivity index (χ0v) is 18.2. The smallest absolute Gasteiger partial charge is 0.379 e. The number of alkyl halides is 3. The number of aromatic nitrogens is 1. The molecule has 0 spiro atoms. The number of nitrogens with one attached hydrogen (secondary N) is 1. The SMILES string of the molecule is C[C@@H]1COCCN1C1CC(=O)NC(N2CCN(C(=O)c3cncc(F)c3)CC2C(F)(F)F)C1. The third-order valence-corrected chi connectivity index (χ3v) is 6.57. The van der Waals surface area contributed by atoms with Crippen molar-refractivity contribution in [1.29, 1.82) is 0 Å². The molecule has 33 heavy (non-hydrogen) atoms. The summed E-state index contributed by atoms with van der Waals surface area (Å²) in [5.74, 6) is -1.73. The number of pyridine rings is 1. The molecule has 1 N–H and O–H groups in total. The van der Waals surface area contributed by atoms with Crippen LogP contribution < -0.4 is 5.32 Å². The average Bonchev–Trinajstić information content (AvgIpc) is 2.77. The first-order chi connectivity index (χ1) is 15.6. The molecule has 0 saturated carbocycles. The molecule has 0 radical (unpaired) electrons. The van der Waals surface area contributed by atoms with Crippen molar-refractivity contribution in [1.82, 2.24) is 25.0 Å². The molecule has 12 heteroatoms. The maximum absolute atomic E-state index is 14.1. The van der Waals surface area contributed by atoms with Gasteiger partial charge in [-0.1, -0.05) is 0 Å². The Morgan fingerprint density at radius 3 is 2.70 bits per heavy atom. The largest absolute Gasteiger partial charge is 0.405 e. The van der Waals surface area contributed by atoms with E-state index in [4.69, 9.17) is 4.74 Å². The van der Waals surface area contributed by atoms with Gasteiger partial charge in [-0.2, -0.15) is 13.2 Å². The molecule has 4 rings (SSSR count). The summed E-state index contributed by atoms with van der Waals surface area (Å²) in [5, 5.41) is 2.72. The first-order valence-electron chi connectivity index (χ1n) is 11.0. The fourth-order valence-electron chi connectivity index (χ4n) is 4.97. The summed E-state index contributed by atoms with van der Waals surface area (Å²) in [6, 6.07) is -1.11. The molecule has 3 fully saturated rings. The van der Waals surface area contributed by atoms with Gasteiger partial charge in [-0.25, -0.2) is 4.39 Å². The number of piperazine rings is 1. The third kappa shape index (κ3) is 5.28. The van der Waals surface area contributed by atoms with E-state index < -0.39 is 36.7 Å². The van der Waals surface area contributed by atoms with Gasteiger partial charge in [0, 0.05) is 50.9 Å². The molecule has 1 aromatic heterocycles. The molecule has 3 saturated heterocycles. The molecule has 4 heterocycles. The molecular weight excluding hydrogens is 446 g/mol. The minimum absolute atomic E-state index is 0.0208. The number of halogens is 4. The van der Waals surface area contributed by atoms with Crippen LogP contribution in [0.5, 0.6) is 0 Å². The number of morpholine rings is 1. The number of carbonyl (C=O) groups is 2. The van der Waals surface area contributed by atoms with Crippen LogP contribution in [0.1, 0.15) is 30.1 Å². The van der Waals surface area contributed by atoms with Crippen LogP contribution in [0.15, 0.2) is 18.5 Å². The van der Waals surface area contributed by atoms with Crippen LogP contribution in [0.2, 0.25) is 0 Å². The molecule has 182 valence electrons. The van der Waals surface area contributed by atoms with Crippen molar-refractivity contribution in [2.75, 3.05) is 39.4 Å². The Bertz CT molecular complexity index is 886. The minimum Gasteiger partial charge on any atom is -0.379 e. The fourth-order valence-corrected chi connectivity index (χ4v) is 4.97. The van der Waals surface area contributed by atoms with Gasteiger partial charge < -0.3 is 15.0 Å². The second-order valence-corrected chi connectivity index (χ2v) is 8.78. The van der Waals surface area contributed by atoms with Gasteiger partial charge in [-0.15, -0.1) is 0 Å². The van der Waals surface area contributed by atoms with Gasteiger partial charge in [0.2, 0.25) is 5.91 Å². The number of rotatable bonds is 3. The Kier molecular flexibility index (Phi) is 6.87. The molecule has 3 aliphatic heterocycles. The molecule has 0 aliphatic carbocycles. The van der Waals surface area contributed by atoms with Gasteiger partial charge in [0.15, 0.2) is 0 Å². The normalized spacial score (nSPS) is 30.2. The summed E-state index contributed by atoms with van der Waals surface area (Å²) in [5.41, 5.74) is -0.100. The number of amides is 2. The van der Waals surface area contributed by atoms with Crippen LogP contribution in [0, 0.1) is 5.82 Å². The van der Waals surface area contributed by atoms with Gasteiger partial charge in [0.25, 0.3) is 5.91 Å². The maximum atomic E-state index is 14.1. The number of nitrogens with zero attached hydrogens (tertiary/aromatic N) is 4. The Hall–Kier alpha value is -2.31. The zero-order valence-electron chi connectivity index (χ0n) is 18.2. The van der Waals surface area contributed by atoms with Crippen molar-refractivity contribution >= 4 is 11.8 Å². The summed E-state index contributed by atoms with van der Waals surface area (Å²) in [6.45, 7) is 2.98. The van der Waals surface area contributed by atoms with Gasteiger partial charge in [-0.05, 0) is 19.4 Å². The molecule has 3 aliphatic rings. The average molecular weight is 473 g/mol. The summed E-state index contributed by atoms with van der Waals surface area (Å²) in [4.78, 5) is 33.2. The van der Waals surface area contributed by atoms with E-state index in [-0.39, 0.29) is 43.1 Å². The lowest BCUT2D eigenvalue weighted by Crippen LogP contribution is -2.68. The van der Waals surface area contributed by atoms with E-state index in [0.29, 0.717) is 26.2 Å². The Balaban J connectivity index is 1.51. The molecule has 0 aromatic carbocycles. The van der Waals surface area contributed by atoms with E-state index in [1.54, 1.807) is 0 Å². The minimum atomic E-state index is -4.62. The quantitative estimate of drug-likeness (QED) is 0.666. The van der Waals surface area contributed by atoms with E-state index in [9.17, 15) is 27.2 Å². The molecule has 8 nitrogen and oxygen atoms in total. The van der Waals surface area contributed by atoms with Gasteiger partial charge in [0.05, 0.1) is 31.1 Å². The van der Waals surface area contributed by atoms with Crippen LogP contribution >= 0.6 is 0 Å². The summed E-state index contributed by atoms with van der Waals surface area (Å²) >= 11 is 0. The lowest BCUT2D eigenvalue weighted by atomic mass is 9.96. The van der Waals surface area contributed by atoms with Crippen molar-refractivity contribution in [2.24, 2.45) is 0 Å². The van der Waals surface area contributed by atoms with Gasteiger partial charge in [-0.3, -0.25) is 24.4 Å². The van der Waals surface area contributed by atoms with E-state index >= 15 is 0 Å². The van der Waals surface area contributed by atoms with Crippen molar-refractivity contribution in [3.05, 3.63) is 29.8 Å². The maximum Gasteiger partial charge on any atom is 0.405 e. The molecule has 4 atom stereocenters. The highest BCUT2D eigenvalue weighted by molar-refractivity contribution is 5.94. The van der Waals surface area contributed by atoms with E-state index in [2.05, 4.69) is 15.2 Å². The molecule has 2 amide bonds. The molecular formula is C21H27F4N5O3. The highest BCUT2D eigenvalue weighted by Crippen LogP contribution is 2.32. The lowest BCUT2D eigenvalue weighted by molar-refractivity contribution is -0.205. The van der Waals surface area contributed by atoms with Crippen LogP contribution in [-0.2, 0) is 9.53 Å². The first-order valence-corrected chi connectivity index (χ1v) is 11.0. The monoisotopic (exact) mass is 473 g/mol. The Morgan fingerprint density at radius 2 is 2.00 bits per heavy atom. The van der Waals surface area contributed by atoms with Crippen molar-refractivity contribution in [2.45, 2.75) is 50.2 Å². The van der Waals surface area contributed by atoms with Crippen LogP contribution in [0.4, 0.5) is 17.6 Å². The standard InChI is InChI=1S/C21H27F4N5O3/c1-13-12-33-5-4-29(13)16-7-18(27-19(31)8-16)30-3-2-28(11-17(30)21(23,24)25)20(32)14-6-15(22)10-26-9-14/h6,9-10,13,16-18H,2-5,7-8,11-12H2,1H3,(H,27,31)/t13-,16?,17?,18?/m1/s1. The van der Waals surface area contributed by atoms with Crippen molar-refractivity contribution < 1.29 is 31.9 Å². The lowest BCUT2D eigenvalue weighted by Gasteiger charge is -2.49. The predicted octanol–water partition coefficient (Wildman–Crippen LogP) is 1.23. The van der Waals surface area contributed by atoms with E-state index in [0.717, 1.165) is 23.4 Å². The second-order valence-electron chi connectivity index (χ2n) is 8.78. The summed E-state index contributed by atoms with van der Waals surface area (Å²) < 4.78 is 61.1. The highest BCUT2D eigenvalue weighted by Gasteiger charge is 2.51. The first kappa shape index (κ1) is 23.8.